The smallest absolute Gasteiger partial charge is 0.254 e. The van der Waals surface area contributed by atoms with Gasteiger partial charge in [0.25, 0.3) is 5.91 Å². The van der Waals surface area contributed by atoms with E-state index in [1.807, 2.05) is 41.9 Å². The number of hydrogen-bond acceptors (Lipinski definition) is 3. The Morgan fingerprint density at radius 2 is 2.00 bits per heavy atom. The summed E-state index contributed by atoms with van der Waals surface area (Å²) in [4.78, 5) is 14.6. The third kappa shape index (κ3) is 2.71. The fourth-order valence-corrected chi connectivity index (χ4v) is 3.20. The summed E-state index contributed by atoms with van der Waals surface area (Å²) in [7, 11) is 1.98. The van der Waals surface area contributed by atoms with E-state index in [2.05, 4.69) is 11.2 Å². The monoisotopic (exact) mass is 298 g/mol. The number of carbonyl (C=O) groups excluding carboxylic acids is 1. The van der Waals surface area contributed by atoms with Gasteiger partial charge in [0.05, 0.1) is 0 Å². The highest BCUT2D eigenvalue weighted by atomic mass is 16.2. The molecule has 1 aliphatic rings. The molecule has 116 valence electrons. The number of likely N-dealkylation sites (tertiary alicyclic amines) is 1. The molecule has 0 atom stereocenters. The van der Waals surface area contributed by atoms with E-state index in [1.54, 1.807) is 6.07 Å². The minimum atomic E-state index is 0.0910. The SMILES string of the molecule is Cc1ccc(N)cc1C(=O)N1CCC(c2ccnn2C)CC1. The van der Waals surface area contributed by atoms with Crippen molar-refractivity contribution >= 4 is 11.6 Å². The Kier molecular flexibility index (Phi) is 3.88. The lowest BCUT2D eigenvalue weighted by Gasteiger charge is -2.32. The molecule has 2 N–H and O–H groups in total. The number of anilines is 1. The van der Waals surface area contributed by atoms with Crippen LogP contribution in [-0.2, 0) is 7.05 Å². The van der Waals surface area contributed by atoms with E-state index in [0.717, 1.165) is 37.1 Å². The molecule has 1 aliphatic heterocycles. The predicted octanol–water partition coefficient (Wildman–Crippen LogP) is 2.33. The van der Waals surface area contributed by atoms with Crippen molar-refractivity contribution in [2.45, 2.75) is 25.7 Å². The molecular formula is C17H22N4O. The number of amides is 1. The van der Waals surface area contributed by atoms with Crippen molar-refractivity contribution in [3.05, 3.63) is 47.3 Å². The molecule has 5 heteroatoms. The quantitative estimate of drug-likeness (QED) is 0.865. The molecule has 1 aromatic carbocycles. The number of carbonyl (C=O) groups is 1. The Morgan fingerprint density at radius 1 is 1.27 bits per heavy atom. The van der Waals surface area contributed by atoms with Crippen molar-refractivity contribution < 1.29 is 4.79 Å². The number of benzene rings is 1. The molecule has 1 aromatic heterocycles. The zero-order valence-electron chi connectivity index (χ0n) is 13.1. The van der Waals surface area contributed by atoms with E-state index in [4.69, 9.17) is 5.73 Å². The molecule has 1 amide bonds. The minimum Gasteiger partial charge on any atom is -0.399 e. The highest BCUT2D eigenvalue weighted by Gasteiger charge is 2.26. The van der Waals surface area contributed by atoms with Gasteiger partial charge in [-0.25, -0.2) is 0 Å². The van der Waals surface area contributed by atoms with Crippen LogP contribution in [-0.4, -0.2) is 33.7 Å². The summed E-state index contributed by atoms with van der Waals surface area (Å²) in [6, 6.07) is 7.60. The standard InChI is InChI=1S/C17H22N4O/c1-12-3-4-14(18)11-15(12)17(22)21-9-6-13(7-10-21)16-5-8-19-20(16)2/h3-5,8,11,13H,6-7,9-10,18H2,1-2H3. The lowest BCUT2D eigenvalue weighted by atomic mass is 9.93. The average molecular weight is 298 g/mol. The first-order valence-electron chi connectivity index (χ1n) is 7.69. The zero-order chi connectivity index (χ0) is 15.7. The molecule has 5 nitrogen and oxygen atoms in total. The number of aryl methyl sites for hydroxylation is 2. The van der Waals surface area contributed by atoms with Gasteiger partial charge in [0.2, 0.25) is 0 Å². The van der Waals surface area contributed by atoms with Crippen LogP contribution in [0.1, 0.15) is 40.4 Å². The fraction of sp³-hybridized carbons (Fsp3) is 0.412. The second-order valence-electron chi connectivity index (χ2n) is 6.02. The Balaban J connectivity index is 1.70. The van der Waals surface area contributed by atoms with Crippen LogP contribution in [0.5, 0.6) is 0 Å². The minimum absolute atomic E-state index is 0.0910. The van der Waals surface area contributed by atoms with Crippen LogP contribution in [0.15, 0.2) is 30.5 Å². The highest BCUT2D eigenvalue weighted by Crippen LogP contribution is 2.28. The van der Waals surface area contributed by atoms with E-state index in [-0.39, 0.29) is 5.91 Å². The average Bonchev–Trinajstić information content (AvgIpc) is 2.95. The first-order chi connectivity index (χ1) is 10.6. The normalized spacial score (nSPS) is 16.0. The molecule has 0 unspecified atom stereocenters. The molecule has 0 saturated carbocycles. The van der Waals surface area contributed by atoms with Gasteiger partial charge in [-0.1, -0.05) is 6.07 Å². The number of aromatic nitrogens is 2. The van der Waals surface area contributed by atoms with Crippen molar-refractivity contribution in [1.82, 2.24) is 14.7 Å². The molecule has 1 fully saturated rings. The van der Waals surface area contributed by atoms with Crippen LogP contribution in [0.25, 0.3) is 0 Å². The molecule has 0 aliphatic carbocycles. The van der Waals surface area contributed by atoms with Crippen molar-refractivity contribution in [2.75, 3.05) is 18.8 Å². The van der Waals surface area contributed by atoms with Crippen molar-refractivity contribution in [1.29, 1.82) is 0 Å². The van der Waals surface area contributed by atoms with Crippen LogP contribution in [0, 0.1) is 6.92 Å². The summed E-state index contributed by atoms with van der Waals surface area (Å²) in [5.74, 6) is 0.576. The third-order valence-corrected chi connectivity index (χ3v) is 4.55. The summed E-state index contributed by atoms with van der Waals surface area (Å²) >= 11 is 0. The second kappa shape index (κ2) is 5.83. The number of piperidine rings is 1. The van der Waals surface area contributed by atoms with E-state index >= 15 is 0 Å². The molecule has 3 rings (SSSR count). The zero-order valence-corrected chi connectivity index (χ0v) is 13.1. The van der Waals surface area contributed by atoms with E-state index < -0.39 is 0 Å². The maximum atomic E-state index is 12.7. The van der Waals surface area contributed by atoms with Crippen molar-refractivity contribution in [3.63, 3.8) is 0 Å². The first-order valence-corrected chi connectivity index (χ1v) is 7.69. The Labute approximate surface area is 130 Å². The third-order valence-electron chi connectivity index (χ3n) is 4.55. The van der Waals surface area contributed by atoms with E-state index in [1.165, 1.54) is 5.69 Å². The van der Waals surface area contributed by atoms with E-state index in [0.29, 0.717) is 11.6 Å². The summed E-state index contributed by atoms with van der Waals surface area (Å²) in [6.45, 7) is 3.51. The number of rotatable bonds is 2. The summed E-state index contributed by atoms with van der Waals surface area (Å²) in [6.07, 6.45) is 3.79. The second-order valence-corrected chi connectivity index (χ2v) is 6.02. The summed E-state index contributed by atoms with van der Waals surface area (Å²) < 4.78 is 1.93. The van der Waals surface area contributed by atoms with Gasteiger partial charge in [-0.15, -0.1) is 0 Å². The number of nitrogens with zero attached hydrogens (tertiary/aromatic N) is 3. The van der Waals surface area contributed by atoms with Gasteiger partial charge in [-0.05, 0) is 43.5 Å². The number of hydrogen-bond donors (Lipinski definition) is 1. The maximum absolute atomic E-state index is 12.7. The van der Waals surface area contributed by atoms with Gasteiger partial charge < -0.3 is 10.6 Å². The van der Waals surface area contributed by atoms with Gasteiger partial charge in [-0.3, -0.25) is 9.48 Å². The summed E-state index contributed by atoms with van der Waals surface area (Å²) in [5, 5.41) is 4.24. The fourth-order valence-electron chi connectivity index (χ4n) is 3.20. The van der Waals surface area contributed by atoms with Crippen molar-refractivity contribution in [3.8, 4) is 0 Å². The molecule has 0 bridgehead atoms. The van der Waals surface area contributed by atoms with Gasteiger partial charge in [-0.2, -0.15) is 5.10 Å². The molecule has 22 heavy (non-hydrogen) atoms. The van der Waals surface area contributed by atoms with Gasteiger partial charge >= 0.3 is 0 Å². The maximum Gasteiger partial charge on any atom is 0.254 e. The molecular weight excluding hydrogens is 276 g/mol. The van der Waals surface area contributed by atoms with Gasteiger partial charge in [0.1, 0.15) is 0 Å². The van der Waals surface area contributed by atoms with Crippen LogP contribution < -0.4 is 5.73 Å². The Morgan fingerprint density at radius 3 is 2.64 bits per heavy atom. The van der Waals surface area contributed by atoms with Gasteiger partial charge in [0.15, 0.2) is 0 Å². The molecule has 0 radical (unpaired) electrons. The first kappa shape index (κ1) is 14.6. The van der Waals surface area contributed by atoms with Crippen LogP contribution in [0.2, 0.25) is 0 Å². The Bertz CT molecular complexity index is 684. The highest BCUT2D eigenvalue weighted by molar-refractivity contribution is 5.96. The number of nitrogen functional groups attached to an aromatic ring is 1. The van der Waals surface area contributed by atoms with Crippen LogP contribution >= 0.6 is 0 Å². The van der Waals surface area contributed by atoms with Gasteiger partial charge in [0, 0.05) is 49.2 Å². The molecule has 1 saturated heterocycles. The Hall–Kier alpha value is -2.30. The van der Waals surface area contributed by atoms with E-state index in [9.17, 15) is 4.79 Å². The van der Waals surface area contributed by atoms with Crippen LogP contribution in [0.4, 0.5) is 5.69 Å². The predicted molar refractivity (Wildman–Crippen MR) is 86.7 cm³/mol. The summed E-state index contributed by atoms with van der Waals surface area (Å²) in [5.41, 5.74) is 9.41. The number of nitrogens with two attached hydrogens (primary N) is 1. The largest absolute Gasteiger partial charge is 0.399 e. The van der Waals surface area contributed by atoms with Crippen molar-refractivity contribution in [2.24, 2.45) is 7.05 Å². The topological polar surface area (TPSA) is 64.2 Å². The lowest BCUT2D eigenvalue weighted by Crippen LogP contribution is -2.38. The molecule has 0 spiro atoms. The lowest BCUT2D eigenvalue weighted by molar-refractivity contribution is 0.0710. The van der Waals surface area contributed by atoms with Crippen LogP contribution in [0.3, 0.4) is 0 Å². The molecule has 2 aromatic rings. The molecule has 2 heterocycles.